The van der Waals surface area contributed by atoms with Crippen LogP contribution in [0.1, 0.15) is 113 Å². The lowest BCUT2D eigenvalue weighted by Crippen LogP contribution is -2.60. The summed E-state index contributed by atoms with van der Waals surface area (Å²) in [6.07, 6.45) is 4.12. The van der Waals surface area contributed by atoms with Gasteiger partial charge in [0.05, 0.1) is 22.3 Å². The third-order valence-corrected chi connectivity index (χ3v) is 13.4. The number of aromatic nitrogens is 2. The fraction of sp³-hybridized carbons (Fsp3) is 0.711. The molecule has 6 rings (SSSR count). The van der Waals surface area contributed by atoms with Crippen molar-refractivity contribution in [2.75, 3.05) is 6.54 Å². The number of sulfonamides is 1. The molecule has 53 heavy (non-hydrogen) atoms. The molecule has 2 aliphatic heterocycles. The van der Waals surface area contributed by atoms with E-state index < -0.39 is 73.3 Å². The number of amides is 4. The van der Waals surface area contributed by atoms with Crippen LogP contribution in [0, 0.1) is 11.3 Å². The molecule has 1 saturated heterocycles. The highest BCUT2D eigenvalue weighted by Crippen LogP contribution is 2.50. The molecule has 2 saturated carbocycles. The van der Waals surface area contributed by atoms with Crippen molar-refractivity contribution in [1.82, 2.24) is 29.8 Å². The van der Waals surface area contributed by atoms with Crippen molar-refractivity contribution in [2.24, 2.45) is 11.3 Å². The largest absolute Gasteiger partial charge is 0.459 e. The van der Waals surface area contributed by atoms with E-state index in [1.165, 1.54) is 4.90 Å². The van der Waals surface area contributed by atoms with Gasteiger partial charge in [-0.1, -0.05) is 65.5 Å². The maximum Gasteiger partial charge on any atom is 0.408 e. The number of ether oxygens (including phenoxy) is 2. The van der Waals surface area contributed by atoms with Gasteiger partial charge < -0.3 is 25.0 Å². The highest BCUT2D eigenvalue weighted by Gasteiger charge is 2.64. The first-order chi connectivity index (χ1) is 24.8. The number of alkyl carbamates (subject to hydrolysis) is 1. The maximum atomic E-state index is 14.6. The summed E-state index contributed by atoms with van der Waals surface area (Å²) in [6.45, 7) is 13.1. The molecule has 1 aromatic carbocycles. The van der Waals surface area contributed by atoms with Gasteiger partial charge in [-0.2, -0.15) is 4.98 Å². The molecule has 0 radical (unpaired) electrons. The summed E-state index contributed by atoms with van der Waals surface area (Å²) < 4.78 is 42.9. The Morgan fingerprint density at radius 3 is 2.40 bits per heavy atom. The Morgan fingerprint density at radius 2 is 1.75 bits per heavy atom. The smallest absolute Gasteiger partial charge is 0.408 e. The van der Waals surface area contributed by atoms with Crippen molar-refractivity contribution in [3.63, 3.8) is 0 Å². The molecular weight excluding hydrogens is 701 g/mol. The Kier molecular flexibility index (Phi) is 10.3. The number of aryl methyl sites for hydroxylation is 1. The molecule has 3 N–H and O–H groups in total. The van der Waals surface area contributed by atoms with E-state index in [1.54, 1.807) is 20.8 Å². The minimum absolute atomic E-state index is 0.00993. The Morgan fingerprint density at radius 1 is 1.06 bits per heavy atom. The summed E-state index contributed by atoms with van der Waals surface area (Å²) in [7, 11) is -4.01. The van der Waals surface area contributed by atoms with E-state index in [1.807, 2.05) is 56.5 Å². The summed E-state index contributed by atoms with van der Waals surface area (Å²) in [6, 6.07) is 5.95. The molecule has 4 amide bonds. The number of fused-ring (bicyclic) bond motifs is 5. The van der Waals surface area contributed by atoms with Gasteiger partial charge in [0.25, 0.3) is 11.9 Å². The van der Waals surface area contributed by atoms with Crippen LogP contribution < -0.4 is 20.1 Å². The zero-order valence-electron chi connectivity index (χ0n) is 32.1. The molecule has 3 fully saturated rings. The average molecular weight is 757 g/mol. The molecule has 2 aliphatic carbocycles. The highest BCUT2D eigenvalue weighted by atomic mass is 32.2. The Labute approximate surface area is 312 Å². The Balaban J connectivity index is 1.36. The van der Waals surface area contributed by atoms with E-state index in [0.717, 1.165) is 30.3 Å². The van der Waals surface area contributed by atoms with E-state index in [2.05, 4.69) is 15.4 Å². The van der Waals surface area contributed by atoms with E-state index in [9.17, 15) is 27.6 Å². The first-order valence-corrected chi connectivity index (χ1v) is 20.6. The van der Waals surface area contributed by atoms with Crippen LogP contribution in [0.2, 0.25) is 0 Å². The van der Waals surface area contributed by atoms with Gasteiger partial charge in [-0.3, -0.25) is 23.7 Å². The van der Waals surface area contributed by atoms with Gasteiger partial charge in [-0.25, -0.2) is 13.2 Å². The summed E-state index contributed by atoms with van der Waals surface area (Å²) in [5.74, 6) is -2.12. The zero-order chi connectivity index (χ0) is 38.6. The number of carbonyl (C=O) groups is 4. The number of hydrogen-bond donors (Lipinski definition) is 3. The van der Waals surface area contributed by atoms with E-state index in [0.29, 0.717) is 44.7 Å². The van der Waals surface area contributed by atoms with Crippen molar-refractivity contribution in [3.05, 3.63) is 24.3 Å². The predicted octanol–water partition coefficient (Wildman–Crippen LogP) is 4.55. The maximum absolute atomic E-state index is 14.6. The number of para-hydroxylation sites is 2. The molecule has 2 bridgehead atoms. The first-order valence-electron chi connectivity index (χ1n) is 19.1. The number of imidazole rings is 1. The second kappa shape index (κ2) is 14.1. The topological polar surface area (TPSA) is 178 Å². The molecule has 1 unspecified atom stereocenters. The Bertz CT molecular complexity index is 1860. The van der Waals surface area contributed by atoms with Gasteiger partial charge in [-0.05, 0) is 76.3 Å². The molecular formula is C38H56N6O8S. The number of benzene rings is 1. The molecule has 4 aliphatic rings. The molecule has 5 atom stereocenters. The lowest BCUT2D eigenvalue weighted by atomic mass is 9.85. The van der Waals surface area contributed by atoms with Gasteiger partial charge in [0.15, 0.2) is 0 Å². The van der Waals surface area contributed by atoms with Crippen LogP contribution in [0.25, 0.3) is 11.0 Å². The van der Waals surface area contributed by atoms with Gasteiger partial charge in [-0.15, -0.1) is 0 Å². The number of rotatable bonds is 3. The van der Waals surface area contributed by atoms with Crippen molar-refractivity contribution in [1.29, 1.82) is 0 Å². The fourth-order valence-electron chi connectivity index (χ4n) is 7.92. The quantitative estimate of drug-likeness (QED) is 0.406. The minimum atomic E-state index is -4.01. The SMILES string of the molecule is CC[C@@H]1C[C@@]12NC(=O)[C@@H]1C[C@H](CN1C(=O)C(NC(=O)OC(C)(C)C)C(C)(C)C)Oc1nc3ccccc3n1CCCCCCC1(CC1)S(=O)(=O)NC2=O. The van der Waals surface area contributed by atoms with Crippen molar-refractivity contribution < 1.29 is 37.1 Å². The highest BCUT2D eigenvalue weighted by molar-refractivity contribution is 7.91. The number of hydrogen-bond acceptors (Lipinski definition) is 9. The van der Waals surface area contributed by atoms with Crippen LogP contribution in [0.4, 0.5) is 4.79 Å². The van der Waals surface area contributed by atoms with Crippen molar-refractivity contribution in [2.45, 2.75) is 153 Å². The zero-order valence-corrected chi connectivity index (χ0v) is 32.9. The normalized spacial score (nSPS) is 28.1. The van der Waals surface area contributed by atoms with Crippen LogP contribution in [0.3, 0.4) is 0 Å². The minimum Gasteiger partial charge on any atom is -0.459 e. The second-order valence-corrected chi connectivity index (χ2v) is 19.6. The summed E-state index contributed by atoms with van der Waals surface area (Å²) in [4.78, 5) is 62.1. The van der Waals surface area contributed by atoms with Gasteiger partial charge >= 0.3 is 6.09 Å². The standard InChI is InChI=1S/C38H56N6O8S/c1-8-24-22-38(24)32(47)42-53(49,50)37(18-19-37)17-13-9-10-14-20-43-27-16-12-11-15-26(27)39-33(43)51-25-21-28(30(45)41-38)44(23-25)31(46)29(35(2,3)4)40-34(48)52-36(5,6)7/h11-12,15-16,24-25,28-29H,8-10,13-14,17-23H2,1-7H3,(H,40,48)(H,41,45)(H,42,47)/t24-,25-,28+,29?,38-/m1/s1. The number of carbonyl (C=O) groups excluding carboxylic acids is 4. The summed E-state index contributed by atoms with van der Waals surface area (Å²) >= 11 is 0. The third-order valence-electron chi connectivity index (χ3n) is 11.2. The molecule has 292 valence electrons. The molecule has 15 heteroatoms. The number of nitrogens with zero attached hydrogens (tertiary/aromatic N) is 3. The molecule has 2 spiro atoms. The van der Waals surface area contributed by atoms with E-state index in [4.69, 9.17) is 14.5 Å². The molecule has 3 heterocycles. The van der Waals surface area contributed by atoms with Crippen LogP contribution in [0.15, 0.2) is 24.3 Å². The van der Waals surface area contributed by atoms with Crippen molar-refractivity contribution >= 4 is 44.9 Å². The van der Waals surface area contributed by atoms with E-state index in [-0.39, 0.29) is 25.3 Å². The van der Waals surface area contributed by atoms with E-state index >= 15 is 0 Å². The lowest BCUT2D eigenvalue weighted by Gasteiger charge is -2.36. The summed E-state index contributed by atoms with van der Waals surface area (Å²) in [5.41, 5.74) is -1.37. The van der Waals surface area contributed by atoms with Gasteiger partial charge in [0.1, 0.15) is 29.3 Å². The molecule has 2 aromatic rings. The molecule has 14 nitrogen and oxygen atoms in total. The van der Waals surface area contributed by atoms with Crippen LogP contribution in [-0.2, 0) is 35.7 Å². The number of nitrogens with one attached hydrogen (secondary N) is 3. The average Bonchev–Trinajstić information content (AvgIpc) is 3.93. The van der Waals surface area contributed by atoms with Crippen LogP contribution >= 0.6 is 0 Å². The monoisotopic (exact) mass is 756 g/mol. The third kappa shape index (κ3) is 8.00. The molecule has 1 aromatic heterocycles. The van der Waals surface area contributed by atoms with Crippen LogP contribution in [0.5, 0.6) is 6.01 Å². The first kappa shape index (κ1) is 38.8. The van der Waals surface area contributed by atoms with Crippen molar-refractivity contribution in [3.8, 4) is 6.01 Å². The summed E-state index contributed by atoms with van der Waals surface area (Å²) in [5, 5.41) is 5.67. The van der Waals surface area contributed by atoms with Gasteiger partial charge in [0, 0.05) is 13.0 Å². The van der Waals surface area contributed by atoms with Crippen LogP contribution in [-0.4, -0.2) is 87.3 Å². The lowest BCUT2D eigenvalue weighted by molar-refractivity contribution is -0.143. The van der Waals surface area contributed by atoms with Gasteiger partial charge in [0.2, 0.25) is 21.8 Å². The fourth-order valence-corrected chi connectivity index (χ4v) is 9.62. The Hall–Kier alpha value is -3.88. The predicted molar refractivity (Wildman–Crippen MR) is 198 cm³/mol. The second-order valence-electron chi connectivity index (χ2n) is 17.5. The number of likely N-dealkylation sites (tertiary alicyclic amines) is 1.